The minimum Gasteiger partial charge on any atom is -0.292 e. The number of ketones is 1. The Labute approximate surface area is 104 Å². The number of nitrogens with zero attached hydrogens (tertiary/aromatic N) is 2. The highest BCUT2D eigenvalue weighted by Gasteiger charge is 2.30. The minimum absolute atomic E-state index is 0.116. The van der Waals surface area contributed by atoms with Gasteiger partial charge in [0, 0.05) is 11.8 Å². The maximum Gasteiger partial charge on any atom is 0.416 e. The second-order valence-corrected chi connectivity index (χ2v) is 4.20. The Morgan fingerprint density at radius 1 is 1.33 bits per heavy atom. The van der Waals surface area contributed by atoms with Gasteiger partial charge in [0.05, 0.1) is 5.56 Å². The van der Waals surface area contributed by atoms with Crippen LogP contribution in [0.2, 0.25) is 0 Å². The van der Waals surface area contributed by atoms with Gasteiger partial charge in [-0.15, -0.1) is 5.10 Å². The van der Waals surface area contributed by atoms with Crippen LogP contribution in [0.5, 0.6) is 0 Å². The molecule has 7 heteroatoms. The average Bonchev–Trinajstić information content (AvgIpc) is 2.81. The van der Waals surface area contributed by atoms with Gasteiger partial charge in [-0.1, -0.05) is 22.7 Å². The van der Waals surface area contributed by atoms with Crippen molar-refractivity contribution < 1.29 is 18.0 Å². The molecule has 0 spiro atoms. The van der Waals surface area contributed by atoms with Crippen molar-refractivity contribution in [1.82, 2.24) is 9.59 Å². The molecular formula is C11H7F3N2OS. The molecule has 2 aromatic rings. The van der Waals surface area contributed by atoms with Crippen LogP contribution in [-0.2, 0) is 12.6 Å². The summed E-state index contributed by atoms with van der Waals surface area (Å²) >= 11 is 1.02. The molecule has 3 nitrogen and oxygen atoms in total. The molecule has 0 amide bonds. The maximum absolute atomic E-state index is 12.5. The van der Waals surface area contributed by atoms with Crippen LogP contribution in [0.25, 0.3) is 0 Å². The van der Waals surface area contributed by atoms with E-state index in [4.69, 9.17) is 0 Å². The largest absolute Gasteiger partial charge is 0.416 e. The molecule has 1 aromatic heterocycles. The summed E-state index contributed by atoms with van der Waals surface area (Å²) < 4.78 is 41.0. The fourth-order valence-electron chi connectivity index (χ4n) is 1.42. The van der Waals surface area contributed by atoms with Crippen molar-refractivity contribution in [3.05, 3.63) is 46.5 Å². The summed E-state index contributed by atoms with van der Waals surface area (Å²) in [6.07, 6.45) is -4.52. The molecule has 0 atom stereocenters. The molecule has 18 heavy (non-hydrogen) atoms. The molecule has 0 saturated carbocycles. The molecule has 0 saturated heterocycles. The topological polar surface area (TPSA) is 42.9 Å². The van der Waals surface area contributed by atoms with Crippen molar-refractivity contribution in [2.75, 3.05) is 0 Å². The monoisotopic (exact) mass is 272 g/mol. The standard InChI is InChI=1S/C11H7F3N2OS/c12-11(13,14)8-3-1-2-7(4-8)5-10(17)9-6-18-16-15-9/h1-4,6H,5H2. The molecule has 0 unspecified atom stereocenters. The number of halogens is 3. The van der Waals surface area contributed by atoms with Crippen LogP contribution in [0.3, 0.4) is 0 Å². The highest BCUT2D eigenvalue weighted by Crippen LogP contribution is 2.29. The highest BCUT2D eigenvalue weighted by molar-refractivity contribution is 7.03. The summed E-state index contributed by atoms with van der Waals surface area (Å²) in [4.78, 5) is 11.7. The number of rotatable bonds is 3. The first kappa shape index (κ1) is 12.7. The highest BCUT2D eigenvalue weighted by atomic mass is 32.1. The Bertz CT molecular complexity index is 552. The SMILES string of the molecule is O=C(Cc1cccc(C(F)(F)F)c1)c1csnn1. The first-order chi connectivity index (χ1) is 8.47. The van der Waals surface area contributed by atoms with Crippen LogP contribution in [0.15, 0.2) is 29.6 Å². The number of hydrogen-bond donors (Lipinski definition) is 0. The predicted molar refractivity (Wildman–Crippen MR) is 59.4 cm³/mol. The summed E-state index contributed by atoms with van der Waals surface area (Å²) in [6.45, 7) is 0. The van der Waals surface area contributed by atoms with E-state index in [1.54, 1.807) is 0 Å². The molecule has 0 bridgehead atoms. The van der Waals surface area contributed by atoms with Gasteiger partial charge >= 0.3 is 6.18 Å². The van der Waals surface area contributed by atoms with Crippen LogP contribution in [-0.4, -0.2) is 15.4 Å². The van der Waals surface area contributed by atoms with Crippen LogP contribution in [0.1, 0.15) is 21.6 Å². The summed E-state index contributed by atoms with van der Waals surface area (Å²) in [6, 6.07) is 4.70. The molecule has 94 valence electrons. The Balaban J connectivity index is 2.18. The molecule has 0 aliphatic heterocycles. The zero-order valence-corrected chi connectivity index (χ0v) is 9.76. The molecule has 0 aliphatic carbocycles. The quantitative estimate of drug-likeness (QED) is 0.807. The number of alkyl halides is 3. The molecular weight excluding hydrogens is 265 g/mol. The van der Waals surface area contributed by atoms with E-state index in [-0.39, 0.29) is 17.9 Å². The third-order valence-corrected chi connectivity index (χ3v) is 2.77. The summed E-state index contributed by atoms with van der Waals surface area (Å²) in [5, 5.41) is 5.05. The van der Waals surface area contributed by atoms with E-state index in [0.29, 0.717) is 5.56 Å². The lowest BCUT2D eigenvalue weighted by Crippen LogP contribution is -2.08. The molecule has 0 aliphatic rings. The van der Waals surface area contributed by atoms with E-state index in [0.717, 1.165) is 23.7 Å². The summed E-state index contributed by atoms with van der Waals surface area (Å²) in [5.74, 6) is -0.344. The molecule has 1 heterocycles. The Hall–Kier alpha value is -1.76. The van der Waals surface area contributed by atoms with Crippen molar-refractivity contribution in [1.29, 1.82) is 0 Å². The van der Waals surface area contributed by atoms with E-state index >= 15 is 0 Å². The first-order valence-corrected chi connectivity index (χ1v) is 5.77. The Morgan fingerprint density at radius 3 is 2.72 bits per heavy atom. The van der Waals surface area contributed by atoms with E-state index in [9.17, 15) is 18.0 Å². The van der Waals surface area contributed by atoms with Gasteiger partial charge < -0.3 is 0 Å². The Morgan fingerprint density at radius 2 is 2.11 bits per heavy atom. The number of Topliss-reactive ketones (excluding diaryl/α,β-unsaturated/α-hetero) is 1. The number of benzene rings is 1. The molecule has 2 rings (SSSR count). The number of carbonyl (C=O) groups excluding carboxylic acids is 1. The average molecular weight is 272 g/mol. The Kier molecular flexibility index (Phi) is 3.42. The predicted octanol–water partition coefficient (Wildman–Crippen LogP) is 2.98. The van der Waals surface area contributed by atoms with Crippen LogP contribution in [0, 0.1) is 0 Å². The smallest absolute Gasteiger partial charge is 0.292 e. The van der Waals surface area contributed by atoms with Crippen LogP contribution < -0.4 is 0 Å². The van der Waals surface area contributed by atoms with Gasteiger partial charge in [0.25, 0.3) is 0 Å². The normalized spacial score (nSPS) is 11.5. The fourth-order valence-corrected chi connectivity index (χ4v) is 1.88. The van der Waals surface area contributed by atoms with E-state index < -0.39 is 11.7 Å². The lowest BCUT2D eigenvalue weighted by Gasteiger charge is -2.07. The van der Waals surface area contributed by atoms with Crippen molar-refractivity contribution in [2.45, 2.75) is 12.6 Å². The van der Waals surface area contributed by atoms with Gasteiger partial charge in [-0.05, 0) is 23.2 Å². The second-order valence-electron chi connectivity index (χ2n) is 3.59. The van der Waals surface area contributed by atoms with Crippen LogP contribution >= 0.6 is 11.5 Å². The fraction of sp³-hybridized carbons (Fsp3) is 0.182. The lowest BCUT2D eigenvalue weighted by atomic mass is 10.0. The molecule has 1 aromatic carbocycles. The van der Waals surface area contributed by atoms with Gasteiger partial charge in [0.15, 0.2) is 5.78 Å². The maximum atomic E-state index is 12.5. The minimum atomic E-state index is -4.40. The van der Waals surface area contributed by atoms with E-state index in [1.165, 1.54) is 17.5 Å². The van der Waals surface area contributed by atoms with Crippen molar-refractivity contribution >= 4 is 17.3 Å². The second kappa shape index (κ2) is 4.85. The van der Waals surface area contributed by atoms with Gasteiger partial charge in [-0.25, -0.2) is 0 Å². The molecule has 0 fully saturated rings. The van der Waals surface area contributed by atoms with Gasteiger partial charge in [0.1, 0.15) is 5.69 Å². The zero-order chi connectivity index (χ0) is 13.2. The van der Waals surface area contributed by atoms with E-state index in [2.05, 4.69) is 9.59 Å². The number of hydrogen-bond acceptors (Lipinski definition) is 4. The number of carbonyl (C=O) groups is 1. The summed E-state index contributed by atoms with van der Waals surface area (Å²) in [5.41, 5.74) is -0.274. The van der Waals surface area contributed by atoms with Crippen LogP contribution in [0.4, 0.5) is 13.2 Å². The van der Waals surface area contributed by atoms with Gasteiger partial charge in [-0.2, -0.15) is 13.2 Å². The summed E-state index contributed by atoms with van der Waals surface area (Å²) in [7, 11) is 0. The number of aromatic nitrogens is 2. The molecule has 0 N–H and O–H groups in total. The van der Waals surface area contributed by atoms with Gasteiger partial charge in [-0.3, -0.25) is 4.79 Å². The third kappa shape index (κ3) is 2.92. The van der Waals surface area contributed by atoms with Crippen molar-refractivity contribution in [2.24, 2.45) is 0 Å². The van der Waals surface area contributed by atoms with Gasteiger partial charge in [0.2, 0.25) is 0 Å². The van der Waals surface area contributed by atoms with E-state index in [1.807, 2.05) is 0 Å². The van der Waals surface area contributed by atoms with Crippen molar-refractivity contribution in [3.63, 3.8) is 0 Å². The first-order valence-electron chi connectivity index (χ1n) is 4.93. The molecule has 0 radical (unpaired) electrons. The third-order valence-electron chi connectivity index (χ3n) is 2.26. The van der Waals surface area contributed by atoms with Crippen molar-refractivity contribution in [3.8, 4) is 0 Å². The lowest BCUT2D eigenvalue weighted by molar-refractivity contribution is -0.137. The zero-order valence-electron chi connectivity index (χ0n) is 8.94.